The van der Waals surface area contributed by atoms with E-state index in [1.165, 1.54) is 291 Å². The minimum atomic E-state index is -4.96. The van der Waals surface area contributed by atoms with Crippen molar-refractivity contribution < 1.29 is 112 Å². The quantitative estimate of drug-likeness (QED) is 0.0192. The van der Waals surface area contributed by atoms with Gasteiger partial charge in [0, 0.05) is 0 Å². The van der Waals surface area contributed by atoms with E-state index in [1.807, 2.05) is 0 Å². The van der Waals surface area contributed by atoms with Gasteiger partial charge in [0.05, 0.1) is 37.3 Å². The molecule has 12 nitrogen and oxygen atoms in total. The molecular weight excluding hydrogens is 1150 g/mol. The maximum Gasteiger partial charge on any atom is 1.00 e. The molecule has 16 heteroatoms. The predicted octanol–water partition coefficient (Wildman–Crippen LogP) is 8.90. The van der Waals surface area contributed by atoms with Crippen molar-refractivity contribution in [3.8, 4) is 0 Å². The summed E-state index contributed by atoms with van der Waals surface area (Å²) in [5.74, 6) is -1.38. The van der Waals surface area contributed by atoms with Crippen LogP contribution in [0.2, 0.25) is 0 Å². The summed E-state index contributed by atoms with van der Waals surface area (Å²) >= 11 is 0. The fourth-order valence-corrected chi connectivity index (χ4v) is 27.2. The zero-order valence-corrected chi connectivity index (χ0v) is 50.5. The molecule has 5 aliphatic rings. The van der Waals surface area contributed by atoms with Crippen molar-refractivity contribution in [2.24, 2.45) is 5.41 Å². The van der Waals surface area contributed by atoms with E-state index in [1.54, 1.807) is 0 Å². The third-order valence-corrected chi connectivity index (χ3v) is 27.9. The van der Waals surface area contributed by atoms with Gasteiger partial charge in [0.1, 0.15) is 0 Å². The van der Waals surface area contributed by atoms with Gasteiger partial charge in [0.25, 0.3) is 0 Å². The molecule has 1 saturated carbocycles. The van der Waals surface area contributed by atoms with Gasteiger partial charge < -0.3 is 18.6 Å². The molecular formula is C71H16Na2O12S2. The molecule has 0 radical (unpaired) electrons. The first kappa shape index (κ1) is 42.1. The van der Waals surface area contributed by atoms with E-state index in [9.17, 15) is 25.9 Å². The predicted molar refractivity (Wildman–Crippen MR) is 328 cm³/mol. The SMILES string of the molecule is O=C(OCCCCOS(=O)(=O)[O-])C1(C(=O)OCCCCOS(=O)(=O)[O-])C23c4c5c6c7c8c9c(c%10c%11c2c2c4c4c%12c5c5c6c6c8c8c%13c9c9c%10c%10c%11c%11c2c2c4c4c%12c%12c5c5c6c8c6c8c%13c9c9c%10c%10c%11c2c2c4c4c%12c5c6c5c8c9c%10c2c45)C713.[Na+].[Na+]. The summed E-state index contributed by atoms with van der Waals surface area (Å²) in [5, 5.41) is 73.1. The molecule has 0 aliphatic heterocycles. The summed E-state index contributed by atoms with van der Waals surface area (Å²) in [6.45, 7) is -1.13. The maximum absolute atomic E-state index is 17.3. The standard InChI is InChI=1S/C71H18O12S2.2Na/c72-67(80-5-1-3-7-82-84(74,75)76)71(68(73)81-6-2-4-8-83-85(77,78)79)69-63-55-47-37-27-19-11-9-10-13-17-15(11)23-31-25(17)35-29-21(13)22-14(10)18-16-12(9)20(19)28-34-24(16)32-26(18)36-30(22)40-39(29)49-43(35)53-45(31)51(41(47)33(23)27)59(63)61(53)65-57(49)58-50(40)44(36)54-46(32)52-42(34)48(38(28)37)56(55)64(69)60(52)62(54)66(58)70(65,69)71;;/h1-8H2,(H,74,75,76)(H,77,78,79);;/q;2*+1/p-2. The van der Waals surface area contributed by atoms with E-state index in [0.717, 1.165) is 22.3 Å². The van der Waals surface area contributed by atoms with E-state index in [4.69, 9.17) is 9.47 Å². The smallest absolute Gasteiger partial charge is 0.726 e. The van der Waals surface area contributed by atoms with E-state index in [2.05, 4.69) is 8.37 Å². The van der Waals surface area contributed by atoms with Crippen molar-refractivity contribution in [1.29, 1.82) is 0 Å². The van der Waals surface area contributed by atoms with Gasteiger partial charge in [-0.1, -0.05) is 0 Å². The Kier molecular flexibility index (Phi) is 5.06. The van der Waals surface area contributed by atoms with Crippen molar-refractivity contribution in [1.82, 2.24) is 0 Å². The zero-order chi connectivity index (χ0) is 53.6. The molecule has 2 spiro atoms. The van der Waals surface area contributed by atoms with Crippen LogP contribution in [0.25, 0.3) is 291 Å². The molecule has 0 bridgehead atoms. The van der Waals surface area contributed by atoms with Crippen molar-refractivity contribution in [2.45, 2.75) is 36.5 Å². The number of ether oxygens (including phenoxy) is 2. The van der Waals surface area contributed by atoms with Crippen LogP contribution in [0.1, 0.15) is 47.9 Å². The molecule has 0 amide bonds. The van der Waals surface area contributed by atoms with E-state index >= 15 is 9.59 Å². The Balaban J connectivity index is 0.00000217. The van der Waals surface area contributed by atoms with E-state index in [0.29, 0.717) is 0 Å². The van der Waals surface area contributed by atoms with Gasteiger partial charge in [-0.05, 0) is 339 Å². The molecule has 5 aliphatic carbocycles. The molecule has 0 aromatic heterocycles. The first-order valence-corrected chi connectivity index (χ1v) is 32.5. The van der Waals surface area contributed by atoms with Crippen molar-refractivity contribution in [2.75, 3.05) is 26.4 Å². The fraction of sp³-hybridized carbons (Fsp3) is 0.155. The Morgan fingerprint density at radius 1 is 0.253 bits per heavy atom. The number of unbranched alkanes of at least 4 members (excludes halogenated alkanes) is 2. The molecule has 28 aromatic carbocycles. The van der Waals surface area contributed by atoms with Crippen LogP contribution in [0.15, 0.2) is 0 Å². The fourth-order valence-electron chi connectivity index (χ4n) is 26.5. The second-order valence-corrected chi connectivity index (χ2v) is 30.3. The number of rotatable bonds is 14. The van der Waals surface area contributed by atoms with Crippen molar-refractivity contribution in [3.63, 3.8) is 0 Å². The summed E-state index contributed by atoms with van der Waals surface area (Å²) in [5.41, 5.74) is -0.496. The number of hydrogen-bond acceptors (Lipinski definition) is 12. The minimum Gasteiger partial charge on any atom is -0.726 e. The topological polar surface area (TPSA) is 185 Å². The molecule has 0 N–H and O–H groups in total. The normalized spacial score (nSPS) is 18.6. The van der Waals surface area contributed by atoms with E-state index < -0.39 is 49.0 Å². The number of carbonyl (C=O) groups is 2. The minimum absolute atomic E-state index is 0. The van der Waals surface area contributed by atoms with Gasteiger partial charge in [-0.15, -0.1) is 0 Å². The molecule has 0 saturated heterocycles. The summed E-state index contributed by atoms with van der Waals surface area (Å²) < 4.78 is 92.4. The molecule has 28 aromatic rings. The third-order valence-electron chi connectivity index (χ3n) is 27.0. The Hall–Kier alpha value is -6.86. The average Bonchev–Trinajstić information content (AvgIpc) is 1.36. The molecule has 386 valence electrons. The molecule has 0 atom stereocenters. The molecule has 33 rings (SSSR count). The van der Waals surface area contributed by atoms with Crippen LogP contribution in [0, 0.1) is 5.41 Å². The Morgan fingerprint density at radius 2 is 0.391 bits per heavy atom. The van der Waals surface area contributed by atoms with Gasteiger partial charge in [-0.25, -0.2) is 16.8 Å². The summed E-state index contributed by atoms with van der Waals surface area (Å²) in [6.07, 6.45) is 0.522. The van der Waals surface area contributed by atoms with Gasteiger partial charge in [-0.2, -0.15) is 0 Å². The Morgan fingerprint density at radius 3 is 0.540 bits per heavy atom. The average molecular weight is 1170 g/mol. The first-order chi connectivity index (χ1) is 41.5. The largest absolute Gasteiger partial charge is 1.00 e. The van der Waals surface area contributed by atoms with Gasteiger partial charge >= 0.3 is 71.1 Å². The maximum atomic E-state index is 17.3. The van der Waals surface area contributed by atoms with Gasteiger partial charge in [0.15, 0.2) is 5.41 Å². The second kappa shape index (κ2) is 10.4. The summed E-state index contributed by atoms with van der Waals surface area (Å²) in [4.78, 5) is 34.5. The van der Waals surface area contributed by atoms with Crippen molar-refractivity contribution in [3.05, 3.63) is 22.3 Å². The number of esters is 2. The molecule has 87 heavy (non-hydrogen) atoms. The Labute approximate surface area is 521 Å². The van der Waals surface area contributed by atoms with Crippen LogP contribution in [-0.2, 0) is 59.1 Å². The number of carbonyl (C=O) groups excluding carboxylic acids is 2. The number of benzene rings is 18. The molecule has 0 unspecified atom stereocenters. The van der Waals surface area contributed by atoms with Gasteiger partial charge in [0.2, 0.25) is 20.8 Å². The molecule has 1 fully saturated rings. The zero-order valence-electron chi connectivity index (χ0n) is 44.9. The van der Waals surface area contributed by atoms with Crippen LogP contribution in [0.5, 0.6) is 0 Å². The van der Waals surface area contributed by atoms with Crippen LogP contribution < -0.4 is 59.1 Å². The van der Waals surface area contributed by atoms with Crippen LogP contribution >= 0.6 is 0 Å². The number of hydrogen-bond donors (Lipinski definition) is 0. The van der Waals surface area contributed by atoms with Crippen molar-refractivity contribution >= 4 is 324 Å². The van der Waals surface area contributed by atoms with Crippen LogP contribution in [0.4, 0.5) is 0 Å². The summed E-state index contributed by atoms with van der Waals surface area (Å²) in [7, 11) is -9.93. The molecule has 0 heterocycles. The van der Waals surface area contributed by atoms with Crippen LogP contribution in [-0.4, -0.2) is 64.3 Å². The summed E-state index contributed by atoms with van der Waals surface area (Å²) in [6, 6.07) is 0. The Bertz CT molecular complexity index is 7460. The third kappa shape index (κ3) is 2.75. The van der Waals surface area contributed by atoms with Crippen LogP contribution in [0.3, 0.4) is 0 Å². The first-order valence-electron chi connectivity index (χ1n) is 29.8. The van der Waals surface area contributed by atoms with Gasteiger partial charge in [-0.3, -0.25) is 18.0 Å². The monoisotopic (exact) mass is 1170 g/mol. The van der Waals surface area contributed by atoms with E-state index in [-0.39, 0.29) is 111 Å². The second-order valence-electron chi connectivity index (χ2n) is 28.1.